The molecule has 3 aromatic rings. The lowest BCUT2D eigenvalue weighted by Gasteiger charge is -2.11. The molecule has 0 bridgehead atoms. The van der Waals surface area contributed by atoms with Crippen LogP contribution in [0.3, 0.4) is 0 Å². The minimum absolute atomic E-state index is 0.228. The first kappa shape index (κ1) is 13.8. The Labute approximate surface area is 127 Å². The molecule has 0 saturated heterocycles. The van der Waals surface area contributed by atoms with Crippen LogP contribution in [0, 0.1) is 0 Å². The van der Waals surface area contributed by atoms with Gasteiger partial charge in [-0.25, -0.2) is 4.79 Å². The average molecular weight is 293 g/mol. The molecule has 0 atom stereocenters. The van der Waals surface area contributed by atoms with Crippen LogP contribution in [0.4, 0.5) is 11.6 Å². The van der Waals surface area contributed by atoms with Crippen LogP contribution in [0.15, 0.2) is 65.5 Å². The van der Waals surface area contributed by atoms with Crippen molar-refractivity contribution in [1.29, 1.82) is 0 Å². The zero-order valence-electron chi connectivity index (χ0n) is 12.0. The summed E-state index contributed by atoms with van der Waals surface area (Å²) in [6, 6.07) is 19.0. The van der Waals surface area contributed by atoms with E-state index in [9.17, 15) is 4.79 Å². The van der Waals surface area contributed by atoms with Crippen LogP contribution < -0.4 is 16.5 Å². The summed E-state index contributed by atoms with van der Waals surface area (Å²) in [6.07, 6.45) is 0. The summed E-state index contributed by atoms with van der Waals surface area (Å²) in [7, 11) is 1.65. The van der Waals surface area contributed by atoms with Gasteiger partial charge in [0.05, 0.1) is 5.69 Å². The Morgan fingerprint density at radius 1 is 0.864 bits per heavy atom. The minimum atomic E-state index is -0.369. The van der Waals surface area contributed by atoms with Crippen LogP contribution in [-0.4, -0.2) is 14.5 Å². The Hall–Kier alpha value is -3.15. The maximum atomic E-state index is 12.0. The number of anilines is 2. The van der Waals surface area contributed by atoms with Crippen LogP contribution in [0.1, 0.15) is 0 Å². The number of rotatable bonds is 4. The maximum Gasteiger partial charge on any atom is 0.352 e. The number of benzene rings is 2. The van der Waals surface area contributed by atoms with Crippen molar-refractivity contribution in [2.75, 3.05) is 10.9 Å². The van der Waals surface area contributed by atoms with E-state index >= 15 is 0 Å². The fourth-order valence-electron chi connectivity index (χ4n) is 2.01. The monoisotopic (exact) mass is 293 g/mol. The van der Waals surface area contributed by atoms with E-state index in [1.54, 1.807) is 7.05 Å². The molecule has 3 rings (SSSR count). The van der Waals surface area contributed by atoms with Crippen LogP contribution in [-0.2, 0) is 7.05 Å². The largest absolute Gasteiger partial charge is 0.352 e. The Kier molecular flexibility index (Phi) is 3.82. The molecule has 0 amide bonds. The molecular formula is C16H15N5O. The zero-order chi connectivity index (χ0) is 15.4. The number of aromatic nitrogens is 3. The Morgan fingerprint density at radius 3 is 2.18 bits per heavy atom. The number of nitrogens with zero attached hydrogens (tertiary/aromatic N) is 3. The van der Waals surface area contributed by atoms with E-state index in [1.165, 1.54) is 4.57 Å². The summed E-state index contributed by atoms with van der Waals surface area (Å²) in [6.45, 7) is 0. The molecule has 2 N–H and O–H groups in total. The summed E-state index contributed by atoms with van der Waals surface area (Å²) in [5.41, 5.74) is 7.16. The lowest BCUT2D eigenvalue weighted by atomic mass is 10.2. The molecule has 0 spiro atoms. The normalized spacial score (nSPS) is 10.2. The van der Waals surface area contributed by atoms with Crippen LogP contribution in [0.25, 0.3) is 11.4 Å². The molecule has 1 heterocycles. The first-order valence-electron chi connectivity index (χ1n) is 6.81. The number of para-hydroxylation sites is 1. The van der Waals surface area contributed by atoms with Crippen molar-refractivity contribution >= 4 is 11.6 Å². The Bertz CT molecular complexity index is 815. The van der Waals surface area contributed by atoms with Gasteiger partial charge in [-0.3, -0.25) is 15.4 Å². The summed E-state index contributed by atoms with van der Waals surface area (Å²) < 4.78 is 1.42. The van der Waals surface area contributed by atoms with Crippen LogP contribution >= 0.6 is 0 Å². The third-order valence-electron chi connectivity index (χ3n) is 3.14. The molecule has 0 aliphatic carbocycles. The van der Waals surface area contributed by atoms with Crippen molar-refractivity contribution < 1.29 is 0 Å². The third kappa shape index (κ3) is 2.95. The highest BCUT2D eigenvalue weighted by Gasteiger charge is 2.08. The molecular weight excluding hydrogens is 278 g/mol. The third-order valence-corrected chi connectivity index (χ3v) is 3.14. The van der Waals surface area contributed by atoms with E-state index < -0.39 is 0 Å². The van der Waals surface area contributed by atoms with Gasteiger partial charge in [0, 0.05) is 12.6 Å². The highest BCUT2D eigenvalue weighted by molar-refractivity contribution is 5.56. The van der Waals surface area contributed by atoms with Gasteiger partial charge < -0.3 is 0 Å². The SMILES string of the molecule is Cn1c(-c2ccccc2)nc(NNc2ccccc2)nc1=O. The van der Waals surface area contributed by atoms with E-state index in [2.05, 4.69) is 20.8 Å². The van der Waals surface area contributed by atoms with Gasteiger partial charge in [-0.1, -0.05) is 48.5 Å². The molecule has 0 aliphatic heterocycles. The van der Waals surface area contributed by atoms with Crippen molar-refractivity contribution in [1.82, 2.24) is 14.5 Å². The Morgan fingerprint density at radius 2 is 1.50 bits per heavy atom. The van der Waals surface area contributed by atoms with Crippen molar-refractivity contribution in [3.63, 3.8) is 0 Å². The summed E-state index contributed by atoms with van der Waals surface area (Å²) in [5, 5.41) is 0. The number of nitrogens with one attached hydrogen (secondary N) is 2. The average Bonchev–Trinajstić information content (AvgIpc) is 2.57. The van der Waals surface area contributed by atoms with Gasteiger partial charge in [0.25, 0.3) is 0 Å². The predicted octanol–water partition coefficient (Wildman–Crippen LogP) is 2.28. The van der Waals surface area contributed by atoms with E-state index in [1.807, 2.05) is 60.7 Å². The number of hydrazine groups is 1. The molecule has 6 heteroatoms. The second kappa shape index (κ2) is 6.09. The van der Waals surface area contributed by atoms with Gasteiger partial charge in [-0.15, -0.1) is 0 Å². The summed E-state index contributed by atoms with van der Waals surface area (Å²) >= 11 is 0. The Balaban J connectivity index is 1.90. The van der Waals surface area contributed by atoms with E-state index in [0.717, 1.165) is 11.3 Å². The van der Waals surface area contributed by atoms with E-state index in [4.69, 9.17) is 0 Å². The second-order valence-corrected chi connectivity index (χ2v) is 4.69. The van der Waals surface area contributed by atoms with Gasteiger partial charge in [0.2, 0.25) is 5.95 Å². The van der Waals surface area contributed by atoms with Crippen LogP contribution in [0.5, 0.6) is 0 Å². The first-order valence-corrected chi connectivity index (χ1v) is 6.81. The molecule has 22 heavy (non-hydrogen) atoms. The fraction of sp³-hybridized carbons (Fsp3) is 0.0625. The predicted molar refractivity (Wildman–Crippen MR) is 86.4 cm³/mol. The van der Waals surface area contributed by atoms with Gasteiger partial charge >= 0.3 is 5.69 Å². The second-order valence-electron chi connectivity index (χ2n) is 4.69. The topological polar surface area (TPSA) is 71.8 Å². The molecule has 1 aromatic heterocycles. The van der Waals surface area contributed by atoms with Crippen LogP contribution in [0.2, 0.25) is 0 Å². The quantitative estimate of drug-likeness (QED) is 0.722. The lowest BCUT2D eigenvalue weighted by Crippen LogP contribution is -2.26. The van der Waals surface area contributed by atoms with Gasteiger partial charge in [-0.05, 0) is 12.1 Å². The lowest BCUT2D eigenvalue weighted by molar-refractivity contribution is 0.786. The molecule has 0 aliphatic rings. The molecule has 2 aromatic carbocycles. The highest BCUT2D eigenvalue weighted by atomic mass is 16.1. The molecule has 110 valence electrons. The molecule has 0 fully saturated rings. The number of hydrogen-bond acceptors (Lipinski definition) is 5. The molecule has 0 radical (unpaired) electrons. The first-order chi connectivity index (χ1) is 10.7. The van der Waals surface area contributed by atoms with E-state index in [-0.39, 0.29) is 11.6 Å². The summed E-state index contributed by atoms with van der Waals surface area (Å²) in [5.74, 6) is 0.781. The van der Waals surface area contributed by atoms with E-state index in [0.29, 0.717) is 5.82 Å². The standard InChI is InChI=1S/C16H15N5O/c1-21-14(12-8-4-2-5-9-12)17-15(18-16(21)22)20-19-13-10-6-3-7-11-13/h2-11,19H,1H3,(H,18,20,22). The molecule has 0 saturated carbocycles. The van der Waals surface area contributed by atoms with Gasteiger partial charge in [0.1, 0.15) is 5.82 Å². The van der Waals surface area contributed by atoms with Gasteiger partial charge in [-0.2, -0.15) is 9.97 Å². The zero-order valence-corrected chi connectivity index (χ0v) is 12.0. The summed E-state index contributed by atoms with van der Waals surface area (Å²) in [4.78, 5) is 20.3. The van der Waals surface area contributed by atoms with Crippen molar-refractivity contribution in [3.05, 3.63) is 71.1 Å². The maximum absolute atomic E-state index is 12.0. The number of hydrogen-bond donors (Lipinski definition) is 2. The van der Waals surface area contributed by atoms with Crippen molar-refractivity contribution in [2.45, 2.75) is 0 Å². The van der Waals surface area contributed by atoms with Crippen molar-refractivity contribution in [3.8, 4) is 11.4 Å². The van der Waals surface area contributed by atoms with Crippen molar-refractivity contribution in [2.24, 2.45) is 7.05 Å². The minimum Gasteiger partial charge on any atom is -0.298 e. The molecule has 6 nitrogen and oxygen atoms in total. The van der Waals surface area contributed by atoms with Gasteiger partial charge in [0.15, 0.2) is 0 Å². The smallest absolute Gasteiger partial charge is 0.298 e. The molecule has 0 unspecified atom stereocenters. The fourth-order valence-corrected chi connectivity index (χ4v) is 2.01. The highest BCUT2D eigenvalue weighted by Crippen LogP contribution is 2.15.